The molecule has 3 nitrogen and oxygen atoms in total. The van der Waals surface area contributed by atoms with Gasteiger partial charge in [0.1, 0.15) is 12.4 Å². The first-order valence-corrected chi connectivity index (χ1v) is 6.56. The summed E-state index contributed by atoms with van der Waals surface area (Å²) in [5, 5.41) is 1.82. The average molecular weight is 309 g/mol. The van der Waals surface area contributed by atoms with Gasteiger partial charge in [0.05, 0.1) is 0 Å². The van der Waals surface area contributed by atoms with Gasteiger partial charge in [-0.1, -0.05) is 42.5 Å². The van der Waals surface area contributed by atoms with Crippen molar-refractivity contribution in [2.24, 2.45) is 0 Å². The van der Waals surface area contributed by atoms with E-state index in [-0.39, 0.29) is 6.54 Å². The van der Waals surface area contributed by atoms with Crippen molar-refractivity contribution >= 4 is 5.91 Å². The number of nitrogens with one attached hydrogen (secondary N) is 1. The molecule has 2 rings (SSSR count). The Morgan fingerprint density at radius 2 is 1.68 bits per heavy atom. The van der Waals surface area contributed by atoms with Crippen LogP contribution in [-0.4, -0.2) is 12.1 Å². The fraction of sp³-hybridized carbons (Fsp3) is 0.188. The van der Waals surface area contributed by atoms with Crippen LogP contribution < -0.4 is 10.1 Å². The van der Waals surface area contributed by atoms with Crippen LogP contribution in [0, 0.1) is 0 Å². The van der Waals surface area contributed by atoms with E-state index in [2.05, 4.69) is 0 Å². The molecule has 0 radical (unpaired) electrons. The zero-order valence-corrected chi connectivity index (χ0v) is 11.6. The minimum atomic E-state index is -4.87. The summed E-state index contributed by atoms with van der Waals surface area (Å²) in [7, 11) is 0. The first-order chi connectivity index (χ1) is 10.4. The highest BCUT2D eigenvalue weighted by atomic mass is 19.4. The third-order valence-corrected chi connectivity index (χ3v) is 2.86. The molecule has 1 N–H and O–H groups in total. The summed E-state index contributed by atoms with van der Waals surface area (Å²) >= 11 is 0. The normalized spacial score (nSPS) is 11.0. The summed E-state index contributed by atoms with van der Waals surface area (Å²) < 4.78 is 41.9. The maximum absolute atomic E-state index is 12.1. The average Bonchev–Trinajstić information content (AvgIpc) is 2.51. The van der Waals surface area contributed by atoms with Gasteiger partial charge >= 0.3 is 12.1 Å². The fourth-order valence-corrected chi connectivity index (χ4v) is 1.77. The van der Waals surface area contributed by atoms with E-state index in [0.29, 0.717) is 17.9 Å². The number of carbonyl (C=O) groups is 1. The smallest absolute Gasteiger partial charge is 0.471 e. The van der Waals surface area contributed by atoms with E-state index in [0.717, 1.165) is 5.56 Å². The lowest BCUT2D eigenvalue weighted by Gasteiger charge is -2.10. The Kier molecular flexibility index (Phi) is 5.04. The summed E-state index contributed by atoms with van der Waals surface area (Å²) in [4.78, 5) is 10.8. The van der Waals surface area contributed by atoms with E-state index in [9.17, 15) is 18.0 Å². The third-order valence-electron chi connectivity index (χ3n) is 2.86. The number of hydrogen-bond donors (Lipinski definition) is 1. The van der Waals surface area contributed by atoms with Crippen LogP contribution in [0.2, 0.25) is 0 Å². The summed E-state index contributed by atoms with van der Waals surface area (Å²) in [6.45, 7) is 0.153. The number of rotatable bonds is 5. The molecule has 0 aliphatic heterocycles. The molecule has 0 aliphatic carbocycles. The quantitative estimate of drug-likeness (QED) is 0.919. The molecule has 0 aromatic heterocycles. The lowest BCUT2D eigenvalue weighted by molar-refractivity contribution is -0.173. The number of amides is 1. The van der Waals surface area contributed by atoms with Gasteiger partial charge in [-0.15, -0.1) is 0 Å². The van der Waals surface area contributed by atoms with Crippen LogP contribution in [0.4, 0.5) is 13.2 Å². The van der Waals surface area contributed by atoms with Crippen molar-refractivity contribution in [2.45, 2.75) is 19.3 Å². The molecule has 0 fully saturated rings. The van der Waals surface area contributed by atoms with Crippen LogP contribution in [0.25, 0.3) is 0 Å². The first kappa shape index (κ1) is 15.9. The maximum Gasteiger partial charge on any atom is 0.471 e. The van der Waals surface area contributed by atoms with Crippen molar-refractivity contribution in [3.63, 3.8) is 0 Å². The predicted octanol–water partition coefficient (Wildman–Crippen LogP) is 3.44. The first-order valence-electron chi connectivity index (χ1n) is 6.56. The lowest BCUT2D eigenvalue weighted by atomic mass is 10.2. The van der Waals surface area contributed by atoms with Crippen molar-refractivity contribution in [2.75, 3.05) is 0 Å². The van der Waals surface area contributed by atoms with Crippen LogP contribution in [0.1, 0.15) is 11.1 Å². The second kappa shape index (κ2) is 6.98. The second-order valence-corrected chi connectivity index (χ2v) is 4.60. The molecule has 0 saturated heterocycles. The molecule has 0 unspecified atom stereocenters. The van der Waals surface area contributed by atoms with Crippen molar-refractivity contribution in [1.82, 2.24) is 5.32 Å². The van der Waals surface area contributed by atoms with E-state index < -0.39 is 12.1 Å². The van der Waals surface area contributed by atoms with Gasteiger partial charge in [0.25, 0.3) is 0 Å². The molecular weight excluding hydrogens is 295 g/mol. The fourth-order valence-electron chi connectivity index (χ4n) is 1.77. The topological polar surface area (TPSA) is 38.3 Å². The highest BCUT2D eigenvalue weighted by molar-refractivity contribution is 5.81. The number of halogens is 3. The van der Waals surface area contributed by atoms with Crippen molar-refractivity contribution in [1.29, 1.82) is 0 Å². The highest BCUT2D eigenvalue weighted by Gasteiger charge is 2.38. The summed E-state index contributed by atoms with van der Waals surface area (Å²) in [6, 6.07) is 16.1. The molecule has 6 heteroatoms. The molecule has 2 aromatic rings. The van der Waals surface area contributed by atoms with Gasteiger partial charge in [-0.05, 0) is 23.3 Å². The molecule has 0 heterocycles. The van der Waals surface area contributed by atoms with Gasteiger partial charge < -0.3 is 10.1 Å². The number of hydrogen-bond acceptors (Lipinski definition) is 2. The molecule has 0 spiro atoms. The van der Waals surface area contributed by atoms with Crippen molar-refractivity contribution in [3.8, 4) is 5.75 Å². The summed E-state index contributed by atoms with van der Waals surface area (Å²) in [5.74, 6) is -1.43. The van der Waals surface area contributed by atoms with Gasteiger partial charge in [0.2, 0.25) is 0 Å². The van der Waals surface area contributed by atoms with Crippen molar-refractivity contribution in [3.05, 3.63) is 65.7 Å². The van der Waals surface area contributed by atoms with Gasteiger partial charge in [0, 0.05) is 6.54 Å². The zero-order valence-electron chi connectivity index (χ0n) is 11.6. The number of alkyl halides is 3. The van der Waals surface area contributed by atoms with Crippen LogP contribution in [-0.2, 0) is 17.9 Å². The Balaban J connectivity index is 1.91. The molecule has 2 aromatic carbocycles. The van der Waals surface area contributed by atoms with E-state index >= 15 is 0 Å². The molecule has 1 amide bonds. The Labute approximate surface area is 125 Å². The summed E-state index contributed by atoms with van der Waals surface area (Å²) in [6.07, 6.45) is -4.87. The predicted molar refractivity (Wildman–Crippen MR) is 75.1 cm³/mol. The maximum atomic E-state index is 12.1. The second-order valence-electron chi connectivity index (χ2n) is 4.60. The molecule has 22 heavy (non-hydrogen) atoms. The van der Waals surface area contributed by atoms with Gasteiger partial charge in [0.15, 0.2) is 0 Å². The number of carbonyl (C=O) groups excluding carboxylic acids is 1. The SMILES string of the molecule is O=C(NCc1cccc(OCc2ccccc2)c1)C(F)(F)F. The molecule has 116 valence electrons. The van der Waals surface area contributed by atoms with Crippen molar-refractivity contribution < 1.29 is 22.7 Å². The summed E-state index contributed by atoms with van der Waals surface area (Å²) in [5.41, 5.74) is 1.52. The molecular formula is C16H14F3NO2. The Morgan fingerprint density at radius 3 is 2.36 bits per heavy atom. The largest absolute Gasteiger partial charge is 0.489 e. The highest BCUT2D eigenvalue weighted by Crippen LogP contribution is 2.17. The number of benzene rings is 2. The lowest BCUT2D eigenvalue weighted by Crippen LogP contribution is -2.36. The van der Waals surface area contributed by atoms with Crippen LogP contribution >= 0.6 is 0 Å². The minimum absolute atomic E-state index is 0.207. The molecule has 0 atom stereocenters. The van der Waals surface area contributed by atoms with E-state index in [1.165, 1.54) is 0 Å². The van der Waals surface area contributed by atoms with Crippen LogP contribution in [0.5, 0.6) is 5.75 Å². The van der Waals surface area contributed by atoms with E-state index in [1.807, 2.05) is 35.6 Å². The standard InChI is InChI=1S/C16H14F3NO2/c17-16(18,19)15(21)20-10-13-7-4-8-14(9-13)22-11-12-5-2-1-3-6-12/h1-9H,10-11H2,(H,20,21). The van der Waals surface area contributed by atoms with Crippen LogP contribution in [0.3, 0.4) is 0 Å². The Bertz CT molecular complexity index is 627. The molecule has 0 saturated carbocycles. The third kappa shape index (κ3) is 4.80. The number of ether oxygens (including phenoxy) is 1. The molecule has 0 bridgehead atoms. The monoisotopic (exact) mass is 309 g/mol. The van der Waals surface area contributed by atoms with Gasteiger partial charge in [-0.3, -0.25) is 4.79 Å². The Hall–Kier alpha value is -2.50. The Morgan fingerprint density at radius 1 is 1.00 bits per heavy atom. The van der Waals surface area contributed by atoms with Crippen LogP contribution in [0.15, 0.2) is 54.6 Å². The van der Waals surface area contributed by atoms with Gasteiger partial charge in [-0.2, -0.15) is 13.2 Å². The van der Waals surface area contributed by atoms with Gasteiger partial charge in [-0.25, -0.2) is 0 Å². The van der Waals surface area contributed by atoms with E-state index in [4.69, 9.17) is 4.74 Å². The minimum Gasteiger partial charge on any atom is -0.489 e. The zero-order chi connectivity index (χ0) is 16.0. The molecule has 0 aliphatic rings. The van der Waals surface area contributed by atoms with E-state index in [1.54, 1.807) is 24.3 Å².